The summed E-state index contributed by atoms with van der Waals surface area (Å²) in [7, 11) is 4.78. The van der Waals surface area contributed by atoms with E-state index in [1.165, 1.54) is 18.2 Å². The fourth-order valence-corrected chi connectivity index (χ4v) is 3.46. The third-order valence-electron chi connectivity index (χ3n) is 5.83. The molecular weight excluding hydrogens is 576 g/mol. The van der Waals surface area contributed by atoms with Gasteiger partial charge in [-0.25, -0.2) is 13.1 Å². The lowest BCUT2D eigenvalue weighted by atomic mass is 10.0. The molecule has 1 unspecified atom stereocenters. The van der Waals surface area contributed by atoms with Gasteiger partial charge in [0.2, 0.25) is 12.3 Å². The maximum absolute atomic E-state index is 11.3. The van der Waals surface area contributed by atoms with Crippen LogP contribution < -0.4 is 0 Å². The molecule has 4 aromatic rings. The van der Waals surface area contributed by atoms with E-state index in [1.54, 1.807) is 28.1 Å². The number of nitrogens with zero attached hydrogens (tertiary/aromatic N) is 2. The minimum absolute atomic E-state index is 0.0128. The molecule has 7 nitrogen and oxygen atoms in total. The van der Waals surface area contributed by atoms with Crippen LogP contribution in [-0.4, -0.2) is 33.1 Å². The highest BCUT2D eigenvalue weighted by Crippen LogP contribution is 2.19. The van der Waals surface area contributed by atoms with E-state index in [2.05, 4.69) is 14.4 Å². The molecule has 0 saturated heterocycles. The van der Waals surface area contributed by atoms with Crippen LogP contribution in [0.1, 0.15) is 55.0 Å². The van der Waals surface area contributed by atoms with Gasteiger partial charge in [0, 0.05) is 38.2 Å². The van der Waals surface area contributed by atoms with Crippen LogP contribution in [0.15, 0.2) is 121 Å². The van der Waals surface area contributed by atoms with E-state index >= 15 is 0 Å². The number of carbonyl (C=O) groups excluding carboxylic acids is 2. The summed E-state index contributed by atoms with van der Waals surface area (Å²) in [6.07, 6.45) is 0.887. The normalized spacial score (nSPS) is 9.63. The standard InChI is InChI=1S/C11H11NO.C8H7N.2C8H10O.C4H8O2/c1-3-10(13)11(12-2)9-7-5-4-6-8-9;3*1-9-7-8-5-3-2-4-6-8;1-3-4(5)6-2/h4-8,11H,3H2,1H3;2-6H,7H2;2*2-6H,7H2,1H3;3H2,1-2H3. The second kappa shape index (κ2) is 28.7. The van der Waals surface area contributed by atoms with E-state index in [9.17, 15) is 9.59 Å². The molecule has 1 atom stereocenters. The van der Waals surface area contributed by atoms with E-state index < -0.39 is 6.04 Å². The number of hydrogen-bond donors (Lipinski definition) is 0. The second-order valence-corrected chi connectivity index (χ2v) is 9.33. The lowest BCUT2D eigenvalue weighted by Crippen LogP contribution is -2.06. The van der Waals surface area contributed by atoms with Crippen LogP contribution in [0.3, 0.4) is 0 Å². The molecule has 0 aliphatic carbocycles. The fraction of sp³-hybridized carbons (Fsp3) is 0.282. The van der Waals surface area contributed by atoms with Gasteiger partial charge in [0.25, 0.3) is 0 Å². The van der Waals surface area contributed by atoms with Crippen molar-refractivity contribution in [1.82, 2.24) is 0 Å². The molecular formula is C39H46N2O5. The molecule has 0 saturated carbocycles. The third-order valence-corrected chi connectivity index (χ3v) is 5.83. The van der Waals surface area contributed by atoms with Gasteiger partial charge in [-0.15, -0.1) is 0 Å². The van der Waals surface area contributed by atoms with Crippen LogP contribution in [-0.2, 0) is 43.6 Å². The van der Waals surface area contributed by atoms with E-state index in [0.29, 0.717) is 32.6 Å². The number of ether oxygens (including phenoxy) is 3. The molecule has 7 heteroatoms. The predicted molar refractivity (Wildman–Crippen MR) is 184 cm³/mol. The molecule has 0 amide bonds. The fourth-order valence-electron chi connectivity index (χ4n) is 3.46. The summed E-state index contributed by atoms with van der Waals surface area (Å²) in [6, 6.07) is 38.6. The lowest BCUT2D eigenvalue weighted by molar-refractivity contribution is -0.140. The first kappa shape index (κ1) is 40.9. The zero-order valence-electron chi connectivity index (χ0n) is 27.6. The van der Waals surface area contributed by atoms with Crippen molar-refractivity contribution >= 4 is 11.8 Å². The quantitative estimate of drug-likeness (QED) is 0.138. The first-order valence-corrected chi connectivity index (χ1v) is 14.8. The van der Waals surface area contributed by atoms with E-state index in [4.69, 9.17) is 22.6 Å². The summed E-state index contributed by atoms with van der Waals surface area (Å²) in [5.74, 6) is -0.170. The molecule has 46 heavy (non-hydrogen) atoms. The molecule has 0 N–H and O–H groups in total. The van der Waals surface area contributed by atoms with Crippen LogP contribution in [0.5, 0.6) is 0 Å². The Labute approximate surface area is 275 Å². The van der Waals surface area contributed by atoms with Crippen molar-refractivity contribution in [3.63, 3.8) is 0 Å². The average Bonchev–Trinajstić information content (AvgIpc) is 3.11. The van der Waals surface area contributed by atoms with Gasteiger partial charge >= 0.3 is 12.0 Å². The minimum Gasteiger partial charge on any atom is -0.469 e. The van der Waals surface area contributed by atoms with Crippen molar-refractivity contribution < 1.29 is 23.8 Å². The smallest absolute Gasteiger partial charge is 0.305 e. The highest BCUT2D eigenvalue weighted by molar-refractivity contribution is 5.86. The molecule has 0 aromatic heterocycles. The monoisotopic (exact) mass is 622 g/mol. The maximum atomic E-state index is 11.3. The summed E-state index contributed by atoms with van der Waals surface area (Å²) in [4.78, 5) is 27.9. The number of esters is 1. The Kier molecular flexibility index (Phi) is 25.5. The van der Waals surface area contributed by atoms with Crippen molar-refractivity contribution in [2.24, 2.45) is 0 Å². The molecule has 0 aliphatic rings. The van der Waals surface area contributed by atoms with Crippen molar-refractivity contribution in [3.8, 4) is 0 Å². The molecule has 4 rings (SSSR count). The lowest BCUT2D eigenvalue weighted by Gasteiger charge is -2.01. The van der Waals surface area contributed by atoms with Gasteiger partial charge in [-0.05, 0) is 11.1 Å². The Hall–Kier alpha value is -5.08. The van der Waals surface area contributed by atoms with Crippen LogP contribution in [0, 0.1) is 13.1 Å². The third kappa shape index (κ3) is 20.8. The Balaban J connectivity index is 0.000000562. The van der Waals surface area contributed by atoms with Crippen LogP contribution in [0.25, 0.3) is 9.69 Å². The number of ketones is 1. The molecule has 0 spiro atoms. The predicted octanol–water partition coefficient (Wildman–Crippen LogP) is 8.97. The minimum atomic E-state index is -0.605. The summed E-state index contributed by atoms with van der Waals surface area (Å²) >= 11 is 0. The summed E-state index contributed by atoms with van der Waals surface area (Å²) in [5, 5.41) is 0. The highest BCUT2D eigenvalue weighted by atomic mass is 16.5. The van der Waals surface area contributed by atoms with E-state index in [1.807, 2.05) is 121 Å². The van der Waals surface area contributed by atoms with Gasteiger partial charge in [0.05, 0.1) is 20.3 Å². The molecule has 242 valence electrons. The van der Waals surface area contributed by atoms with Gasteiger partial charge in [0.1, 0.15) is 0 Å². The maximum Gasteiger partial charge on any atom is 0.305 e. The van der Waals surface area contributed by atoms with Gasteiger partial charge < -0.3 is 19.1 Å². The molecule has 0 radical (unpaired) electrons. The highest BCUT2D eigenvalue weighted by Gasteiger charge is 2.22. The number of Topliss-reactive ketones (excluding diaryl/α,β-unsaturated/α-hetero) is 1. The van der Waals surface area contributed by atoms with E-state index in [-0.39, 0.29) is 11.8 Å². The molecule has 0 fully saturated rings. The summed E-state index contributed by atoms with van der Waals surface area (Å²) in [6.45, 7) is 19.0. The zero-order valence-corrected chi connectivity index (χ0v) is 27.6. The van der Waals surface area contributed by atoms with Gasteiger partial charge in [-0.2, -0.15) is 0 Å². The van der Waals surface area contributed by atoms with Crippen molar-refractivity contribution in [2.75, 3.05) is 21.3 Å². The number of methoxy groups -OCH3 is 3. The SMILES string of the molecule is CCC(=O)OC.COCc1ccccc1.COCc1ccccc1.[C-]#[N+]C(C(=O)CC)c1ccccc1.[C-]#[N+]Cc1ccccc1. The van der Waals surface area contributed by atoms with Crippen LogP contribution >= 0.6 is 0 Å². The summed E-state index contributed by atoms with van der Waals surface area (Å²) < 4.78 is 14.1. The Morgan fingerprint density at radius 3 is 1.28 bits per heavy atom. The van der Waals surface area contributed by atoms with E-state index in [0.717, 1.165) is 11.1 Å². The number of rotatable bonds is 9. The second-order valence-electron chi connectivity index (χ2n) is 9.33. The molecule has 4 aromatic carbocycles. The number of hydrogen-bond acceptors (Lipinski definition) is 5. The Morgan fingerprint density at radius 2 is 1.00 bits per heavy atom. The Morgan fingerprint density at radius 1 is 0.609 bits per heavy atom. The molecule has 0 bridgehead atoms. The topological polar surface area (TPSA) is 70.5 Å². The molecule has 0 aliphatic heterocycles. The summed E-state index contributed by atoms with van der Waals surface area (Å²) in [5.41, 5.74) is 4.33. The average molecular weight is 623 g/mol. The van der Waals surface area contributed by atoms with Crippen LogP contribution in [0.4, 0.5) is 0 Å². The van der Waals surface area contributed by atoms with Crippen LogP contribution in [0.2, 0.25) is 0 Å². The Bertz CT molecular complexity index is 1340. The van der Waals surface area contributed by atoms with Gasteiger partial charge in [-0.1, -0.05) is 135 Å². The number of carbonyl (C=O) groups is 2. The van der Waals surface area contributed by atoms with Crippen molar-refractivity contribution in [3.05, 3.63) is 166 Å². The van der Waals surface area contributed by atoms with Crippen molar-refractivity contribution in [2.45, 2.75) is 52.5 Å². The van der Waals surface area contributed by atoms with Crippen molar-refractivity contribution in [1.29, 1.82) is 0 Å². The van der Waals surface area contributed by atoms with Gasteiger partial charge in [0.15, 0.2) is 0 Å². The first-order valence-electron chi connectivity index (χ1n) is 14.8. The molecule has 0 heterocycles. The first-order chi connectivity index (χ1) is 22.4. The zero-order chi connectivity index (χ0) is 34.3. The number of benzene rings is 4. The largest absolute Gasteiger partial charge is 0.469 e. The van der Waals surface area contributed by atoms with Gasteiger partial charge in [-0.3, -0.25) is 14.4 Å².